The lowest BCUT2D eigenvalue weighted by molar-refractivity contribution is -0.137. The molecule has 0 saturated carbocycles. The summed E-state index contributed by atoms with van der Waals surface area (Å²) in [6, 6.07) is 5.11. The Morgan fingerprint density at radius 2 is 1.83 bits per heavy atom. The Balaban J connectivity index is 1.13. The van der Waals surface area contributed by atoms with Gasteiger partial charge in [-0.05, 0) is 63.1 Å². The van der Waals surface area contributed by atoms with Crippen LogP contribution in [0.2, 0.25) is 0 Å². The molecule has 4 heterocycles. The number of ether oxygens (including phenoxy) is 2. The number of aromatic nitrogens is 2. The normalized spacial score (nSPS) is 26.1. The highest BCUT2D eigenvalue weighted by Gasteiger charge is 2.32. The van der Waals surface area contributed by atoms with Gasteiger partial charge in [0, 0.05) is 43.9 Å². The van der Waals surface area contributed by atoms with E-state index in [9.17, 15) is 22.4 Å². The summed E-state index contributed by atoms with van der Waals surface area (Å²) in [5, 5.41) is 6.70. The van der Waals surface area contributed by atoms with E-state index in [1.54, 1.807) is 4.90 Å². The first-order chi connectivity index (χ1) is 19.7. The Bertz CT molecular complexity index is 1170. The number of hydrogen-bond donors (Lipinski definition) is 2. The molecule has 0 spiro atoms. The third-order valence-corrected chi connectivity index (χ3v) is 8.26. The minimum absolute atomic E-state index is 0.130. The standard InChI is InChI=1S/C29H37F4N5O3/c1-18-26(28(39)38-12-9-21(10-13-38)37-24-11-14-40-16-23(24)30)35-17-36-27(18)34-15-22-3-2-4-25(41-22)19-5-7-20(8-6-19)29(31,32)33/h5-8,17,21-25,37H,2-4,9-16H2,1H3,(H,34,35,36). The summed E-state index contributed by atoms with van der Waals surface area (Å²) in [6.07, 6.45) is 0.123. The highest BCUT2D eigenvalue weighted by Crippen LogP contribution is 2.34. The Labute approximate surface area is 237 Å². The van der Waals surface area contributed by atoms with Gasteiger partial charge in [-0.3, -0.25) is 4.79 Å². The Hall–Kier alpha value is -2.83. The topological polar surface area (TPSA) is 88.6 Å². The van der Waals surface area contributed by atoms with Crippen LogP contribution in [-0.2, 0) is 15.7 Å². The van der Waals surface area contributed by atoms with Gasteiger partial charge in [0.2, 0.25) is 0 Å². The van der Waals surface area contributed by atoms with Gasteiger partial charge in [-0.25, -0.2) is 14.4 Å². The summed E-state index contributed by atoms with van der Waals surface area (Å²) in [4.78, 5) is 23.7. The first kappa shape index (κ1) is 29.7. The van der Waals surface area contributed by atoms with Gasteiger partial charge in [-0.1, -0.05) is 12.1 Å². The van der Waals surface area contributed by atoms with Gasteiger partial charge in [-0.2, -0.15) is 13.2 Å². The second kappa shape index (κ2) is 13.0. The largest absolute Gasteiger partial charge is 0.416 e. The van der Waals surface area contributed by atoms with E-state index < -0.39 is 17.9 Å². The number of nitrogens with one attached hydrogen (secondary N) is 2. The van der Waals surface area contributed by atoms with Crippen LogP contribution in [0.4, 0.5) is 23.4 Å². The zero-order valence-electron chi connectivity index (χ0n) is 23.1. The van der Waals surface area contributed by atoms with Crippen molar-refractivity contribution in [1.29, 1.82) is 0 Å². The molecule has 5 rings (SSSR count). The van der Waals surface area contributed by atoms with E-state index in [1.165, 1.54) is 18.5 Å². The van der Waals surface area contributed by atoms with Crippen molar-refractivity contribution < 1.29 is 31.8 Å². The molecule has 41 heavy (non-hydrogen) atoms. The predicted octanol–water partition coefficient (Wildman–Crippen LogP) is 4.85. The molecular weight excluding hydrogens is 542 g/mol. The van der Waals surface area contributed by atoms with Crippen LogP contribution in [0, 0.1) is 6.92 Å². The first-order valence-electron chi connectivity index (χ1n) is 14.3. The van der Waals surface area contributed by atoms with Gasteiger partial charge in [0.25, 0.3) is 5.91 Å². The molecule has 2 aromatic rings. The number of benzene rings is 1. The Morgan fingerprint density at radius 3 is 2.54 bits per heavy atom. The zero-order chi connectivity index (χ0) is 29.0. The minimum atomic E-state index is -4.37. The molecule has 224 valence electrons. The van der Waals surface area contributed by atoms with Gasteiger partial charge < -0.3 is 25.0 Å². The van der Waals surface area contributed by atoms with Gasteiger partial charge in [0.05, 0.1) is 24.4 Å². The number of alkyl halides is 4. The SMILES string of the molecule is Cc1c(NCC2CCCC(c3ccc(C(F)(F)F)cc3)O2)ncnc1C(=O)N1CCC(NC2CCOCC2F)CC1. The van der Waals surface area contributed by atoms with Crippen molar-refractivity contribution >= 4 is 11.7 Å². The van der Waals surface area contributed by atoms with E-state index in [-0.39, 0.29) is 36.8 Å². The molecule has 12 heteroatoms. The van der Waals surface area contributed by atoms with Crippen molar-refractivity contribution in [3.8, 4) is 0 Å². The average Bonchev–Trinajstić information content (AvgIpc) is 2.98. The number of nitrogens with zero attached hydrogens (tertiary/aromatic N) is 3. The van der Waals surface area contributed by atoms with Crippen LogP contribution >= 0.6 is 0 Å². The molecule has 3 aliphatic heterocycles. The van der Waals surface area contributed by atoms with Crippen LogP contribution in [0.1, 0.15) is 71.8 Å². The summed E-state index contributed by atoms with van der Waals surface area (Å²) in [5.74, 6) is 0.394. The highest BCUT2D eigenvalue weighted by atomic mass is 19.4. The molecule has 3 fully saturated rings. The van der Waals surface area contributed by atoms with Crippen molar-refractivity contribution in [2.45, 2.75) is 82.1 Å². The molecule has 1 amide bonds. The number of carbonyl (C=O) groups excluding carboxylic acids is 1. The molecular formula is C29H37F4N5O3. The molecule has 3 aliphatic rings. The van der Waals surface area contributed by atoms with Crippen LogP contribution in [-0.4, -0.2) is 78.0 Å². The van der Waals surface area contributed by atoms with Gasteiger partial charge in [0.1, 0.15) is 24.0 Å². The first-order valence-corrected chi connectivity index (χ1v) is 14.3. The zero-order valence-corrected chi connectivity index (χ0v) is 23.1. The molecule has 4 atom stereocenters. The summed E-state index contributed by atoms with van der Waals surface area (Å²) in [6.45, 7) is 4.06. The van der Waals surface area contributed by atoms with Crippen LogP contribution in [0.15, 0.2) is 30.6 Å². The summed E-state index contributed by atoms with van der Waals surface area (Å²) < 4.78 is 64.3. The average molecular weight is 580 g/mol. The Morgan fingerprint density at radius 1 is 1.07 bits per heavy atom. The smallest absolute Gasteiger partial charge is 0.378 e. The Kier molecular flexibility index (Phi) is 9.40. The fourth-order valence-electron chi connectivity index (χ4n) is 5.83. The van der Waals surface area contributed by atoms with Crippen molar-refractivity contribution in [2.75, 3.05) is 38.2 Å². The fourth-order valence-corrected chi connectivity index (χ4v) is 5.83. The quantitative estimate of drug-likeness (QED) is 0.454. The molecule has 2 N–H and O–H groups in total. The van der Waals surface area contributed by atoms with E-state index in [1.807, 2.05) is 6.92 Å². The number of anilines is 1. The van der Waals surface area contributed by atoms with E-state index in [2.05, 4.69) is 20.6 Å². The number of hydrogen-bond acceptors (Lipinski definition) is 7. The lowest BCUT2D eigenvalue weighted by atomic mass is 9.97. The van der Waals surface area contributed by atoms with Crippen molar-refractivity contribution in [3.63, 3.8) is 0 Å². The van der Waals surface area contributed by atoms with Crippen LogP contribution < -0.4 is 10.6 Å². The molecule has 1 aromatic carbocycles. The third kappa shape index (κ3) is 7.34. The lowest BCUT2D eigenvalue weighted by Crippen LogP contribution is -2.52. The summed E-state index contributed by atoms with van der Waals surface area (Å²) >= 11 is 0. The number of rotatable bonds is 7. The number of halogens is 4. The van der Waals surface area contributed by atoms with Gasteiger partial charge >= 0.3 is 6.18 Å². The molecule has 4 unspecified atom stereocenters. The molecule has 1 aromatic heterocycles. The second-order valence-electron chi connectivity index (χ2n) is 11.1. The number of likely N-dealkylation sites (tertiary alicyclic amines) is 1. The molecule has 0 bridgehead atoms. The molecule has 8 nitrogen and oxygen atoms in total. The number of carbonyl (C=O) groups is 1. The van der Waals surface area contributed by atoms with Crippen molar-refractivity contribution in [1.82, 2.24) is 20.2 Å². The third-order valence-electron chi connectivity index (χ3n) is 8.26. The monoisotopic (exact) mass is 579 g/mol. The summed E-state index contributed by atoms with van der Waals surface area (Å²) in [5.41, 5.74) is 1.04. The lowest BCUT2D eigenvalue weighted by Gasteiger charge is -2.36. The maximum absolute atomic E-state index is 14.1. The van der Waals surface area contributed by atoms with Gasteiger partial charge in [-0.15, -0.1) is 0 Å². The van der Waals surface area contributed by atoms with Crippen LogP contribution in [0.5, 0.6) is 0 Å². The minimum Gasteiger partial charge on any atom is -0.378 e. The van der Waals surface area contributed by atoms with Crippen molar-refractivity contribution in [3.05, 3.63) is 53.0 Å². The van der Waals surface area contributed by atoms with E-state index >= 15 is 0 Å². The maximum atomic E-state index is 14.1. The fraction of sp³-hybridized carbons (Fsp3) is 0.621. The molecule has 0 aliphatic carbocycles. The number of piperidine rings is 1. The van der Waals surface area contributed by atoms with E-state index in [0.717, 1.165) is 49.8 Å². The predicted molar refractivity (Wildman–Crippen MR) is 144 cm³/mol. The summed E-state index contributed by atoms with van der Waals surface area (Å²) in [7, 11) is 0. The highest BCUT2D eigenvalue weighted by molar-refractivity contribution is 5.94. The van der Waals surface area contributed by atoms with E-state index in [4.69, 9.17) is 9.47 Å². The van der Waals surface area contributed by atoms with Crippen LogP contribution in [0.3, 0.4) is 0 Å². The van der Waals surface area contributed by atoms with E-state index in [0.29, 0.717) is 49.7 Å². The number of amides is 1. The second-order valence-corrected chi connectivity index (χ2v) is 11.1. The van der Waals surface area contributed by atoms with Gasteiger partial charge in [0.15, 0.2) is 0 Å². The van der Waals surface area contributed by atoms with Crippen molar-refractivity contribution in [2.24, 2.45) is 0 Å². The molecule has 0 radical (unpaired) electrons. The van der Waals surface area contributed by atoms with Crippen LogP contribution in [0.25, 0.3) is 0 Å². The maximum Gasteiger partial charge on any atom is 0.416 e. The molecule has 3 saturated heterocycles.